The molecule has 1 heterocycles. The summed E-state index contributed by atoms with van der Waals surface area (Å²) in [4.78, 5) is 12.1. The lowest BCUT2D eigenvalue weighted by molar-refractivity contribution is 0.555. The number of rotatable bonds is 1. The molecule has 0 fully saturated rings. The number of fused-ring (bicyclic) bond motifs is 1. The van der Waals surface area contributed by atoms with Crippen molar-refractivity contribution in [2.45, 2.75) is 20.3 Å². The van der Waals surface area contributed by atoms with Crippen LogP contribution in [0.5, 0.6) is 0 Å². The summed E-state index contributed by atoms with van der Waals surface area (Å²) >= 11 is 11.9. The molecule has 1 aromatic carbocycles. The van der Waals surface area contributed by atoms with Crippen LogP contribution < -0.4 is 5.43 Å². The van der Waals surface area contributed by atoms with E-state index in [1.807, 2.05) is 6.92 Å². The Morgan fingerprint density at radius 3 is 2.62 bits per heavy atom. The Morgan fingerprint density at radius 1 is 1.31 bits per heavy atom. The third-order valence-electron chi connectivity index (χ3n) is 2.56. The third-order valence-corrected chi connectivity index (χ3v) is 3.06. The summed E-state index contributed by atoms with van der Waals surface area (Å²) in [7, 11) is 0. The molecule has 0 radical (unpaired) electrons. The standard InChI is InChI=1S/C12H10Cl2O2/c1-3-8-6(2)16-12-9(11(8)15)4-7(13)5-10(12)14/h4-5H,3H2,1-2H3. The first-order valence-electron chi connectivity index (χ1n) is 4.96. The van der Waals surface area contributed by atoms with Crippen molar-refractivity contribution in [2.24, 2.45) is 0 Å². The highest BCUT2D eigenvalue weighted by Gasteiger charge is 2.12. The summed E-state index contributed by atoms with van der Waals surface area (Å²) in [6.45, 7) is 3.68. The van der Waals surface area contributed by atoms with Crippen LogP contribution in [0.1, 0.15) is 18.2 Å². The van der Waals surface area contributed by atoms with Crippen LogP contribution in [0.25, 0.3) is 11.0 Å². The lowest BCUT2D eigenvalue weighted by Gasteiger charge is -2.06. The quantitative estimate of drug-likeness (QED) is 0.773. The van der Waals surface area contributed by atoms with Crippen molar-refractivity contribution in [1.82, 2.24) is 0 Å². The van der Waals surface area contributed by atoms with E-state index in [1.54, 1.807) is 19.1 Å². The highest BCUT2D eigenvalue weighted by molar-refractivity contribution is 6.38. The van der Waals surface area contributed by atoms with Gasteiger partial charge in [-0.15, -0.1) is 0 Å². The molecule has 0 aliphatic carbocycles. The van der Waals surface area contributed by atoms with Crippen LogP contribution in [0.3, 0.4) is 0 Å². The van der Waals surface area contributed by atoms with Gasteiger partial charge in [0.2, 0.25) is 0 Å². The van der Waals surface area contributed by atoms with E-state index >= 15 is 0 Å². The maximum absolute atomic E-state index is 12.1. The number of hydrogen-bond donors (Lipinski definition) is 0. The first-order chi connectivity index (χ1) is 7.54. The van der Waals surface area contributed by atoms with Gasteiger partial charge in [0.15, 0.2) is 11.0 Å². The molecule has 0 unspecified atom stereocenters. The van der Waals surface area contributed by atoms with E-state index in [0.29, 0.717) is 38.8 Å². The van der Waals surface area contributed by atoms with Crippen LogP contribution in [0.2, 0.25) is 10.0 Å². The van der Waals surface area contributed by atoms with Crippen LogP contribution in [0, 0.1) is 6.92 Å². The summed E-state index contributed by atoms with van der Waals surface area (Å²) in [6, 6.07) is 3.16. The highest BCUT2D eigenvalue weighted by atomic mass is 35.5. The van der Waals surface area contributed by atoms with Gasteiger partial charge in [-0.1, -0.05) is 30.1 Å². The van der Waals surface area contributed by atoms with Crippen LogP contribution in [0.15, 0.2) is 21.3 Å². The van der Waals surface area contributed by atoms with Crippen LogP contribution in [0.4, 0.5) is 0 Å². The Morgan fingerprint density at radius 2 is 2.00 bits per heavy atom. The van der Waals surface area contributed by atoms with Gasteiger partial charge >= 0.3 is 0 Å². The van der Waals surface area contributed by atoms with Gasteiger partial charge in [-0.25, -0.2) is 0 Å². The third kappa shape index (κ3) is 1.72. The molecule has 4 heteroatoms. The van der Waals surface area contributed by atoms with Gasteiger partial charge in [0.25, 0.3) is 0 Å². The minimum atomic E-state index is -0.0503. The van der Waals surface area contributed by atoms with Gasteiger partial charge in [-0.05, 0) is 25.5 Å². The van der Waals surface area contributed by atoms with E-state index in [0.717, 1.165) is 0 Å². The molecule has 0 aliphatic rings. The van der Waals surface area contributed by atoms with Crippen molar-refractivity contribution in [3.05, 3.63) is 43.7 Å². The van der Waals surface area contributed by atoms with Gasteiger partial charge in [0.1, 0.15) is 5.76 Å². The molecule has 0 amide bonds. The summed E-state index contributed by atoms with van der Waals surface area (Å²) in [5.74, 6) is 0.615. The van der Waals surface area contributed by atoms with Gasteiger partial charge in [-0.3, -0.25) is 4.79 Å². The fourth-order valence-electron chi connectivity index (χ4n) is 1.78. The van der Waals surface area contributed by atoms with Crippen molar-refractivity contribution >= 4 is 34.2 Å². The van der Waals surface area contributed by atoms with E-state index < -0.39 is 0 Å². The Balaban J connectivity index is 2.99. The SMILES string of the molecule is CCc1c(C)oc2c(Cl)cc(Cl)cc2c1=O. The lowest BCUT2D eigenvalue weighted by atomic mass is 10.1. The Hall–Kier alpha value is -0.990. The Labute approximate surface area is 103 Å². The van der Waals surface area contributed by atoms with Crippen molar-refractivity contribution in [3.8, 4) is 0 Å². The molecule has 0 saturated heterocycles. The summed E-state index contributed by atoms with van der Waals surface area (Å²) in [6.07, 6.45) is 0.633. The van der Waals surface area contributed by atoms with Gasteiger partial charge in [-0.2, -0.15) is 0 Å². The van der Waals surface area contributed by atoms with Crippen molar-refractivity contribution in [2.75, 3.05) is 0 Å². The van der Waals surface area contributed by atoms with E-state index in [9.17, 15) is 4.79 Å². The molecular weight excluding hydrogens is 247 g/mol. The number of hydrogen-bond acceptors (Lipinski definition) is 2. The van der Waals surface area contributed by atoms with E-state index in [1.165, 1.54) is 0 Å². The normalized spacial score (nSPS) is 11.0. The maximum atomic E-state index is 12.1. The van der Waals surface area contributed by atoms with Crippen molar-refractivity contribution in [1.29, 1.82) is 0 Å². The molecule has 0 saturated carbocycles. The van der Waals surface area contributed by atoms with Crippen LogP contribution in [-0.4, -0.2) is 0 Å². The largest absolute Gasteiger partial charge is 0.459 e. The zero-order valence-corrected chi connectivity index (χ0v) is 10.4. The van der Waals surface area contributed by atoms with Crippen molar-refractivity contribution < 1.29 is 4.42 Å². The average Bonchev–Trinajstić information content (AvgIpc) is 2.21. The number of aryl methyl sites for hydroxylation is 1. The first-order valence-corrected chi connectivity index (χ1v) is 5.71. The number of benzene rings is 1. The summed E-state index contributed by atoms with van der Waals surface area (Å²) in [5, 5.41) is 1.25. The maximum Gasteiger partial charge on any atom is 0.196 e. The summed E-state index contributed by atoms with van der Waals surface area (Å²) in [5.41, 5.74) is 1.03. The van der Waals surface area contributed by atoms with Gasteiger partial charge < -0.3 is 4.42 Å². The topological polar surface area (TPSA) is 30.2 Å². The second-order valence-electron chi connectivity index (χ2n) is 3.58. The molecule has 16 heavy (non-hydrogen) atoms. The molecule has 0 spiro atoms. The zero-order valence-electron chi connectivity index (χ0n) is 8.93. The molecule has 2 rings (SSSR count). The molecular formula is C12H10Cl2O2. The van der Waals surface area contributed by atoms with Crippen LogP contribution >= 0.6 is 23.2 Å². The summed E-state index contributed by atoms with van der Waals surface area (Å²) < 4.78 is 5.56. The monoisotopic (exact) mass is 256 g/mol. The average molecular weight is 257 g/mol. The molecule has 0 N–H and O–H groups in total. The van der Waals surface area contributed by atoms with Gasteiger partial charge in [0.05, 0.1) is 10.4 Å². The predicted octanol–water partition coefficient (Wildman–Crippen LogP) is 3.97. The molecule has 2 aromatic rings. The van der Waals surface area contributed by atoms with E-state index in [4.69, 9.17) is 27.6 Å². The lowest BCUT2D eigenvalue weighted by Crippen LogP contribution is -2.10. The Bertz CT molecular complexity index is 614. The molecule has 1 aromatic heterocycles. The minimum Gasteiger partial charge on any atom is -0.459 e. The van der Waals surface area contributed by atoms with Gasteiger partial charge in [0, 0.05) is 10.6 Å². The molecule has 0 aliphatic heterocycles. The molecule has 0 atom stereocenters. The minimum absolute atomic E-state index is 0.0503. The first kappa shape index (κ1) is 11.5. The second kappa shape index (κ2) is 4.11. The molecule has 0 bridgehead atoms. The smallest absolute Gasteiger partial charge is 0.196 e. The molecule has 84 valence electrons. The number of halogens is 2. The zero-order chi connectivity index (χ0) is 11.9. The van der Waals surface area contributed by atoms with Crippen molar-refractivity contribution in [3.63, 3.8) is 0 Å². The second-order valence-corrected chi connectivity index (χ2v) is 4.43. The Kier molecular flexibility index (Phi) is 2.96. The predicted molar refractivity (Wildman–Crippen MR) is 66.6 cm³/mol. The fourth-order valence-corrected chi connectivity index (χ4v) is 2.31. The molecule has 2 nitrogen and oxygen atoms in total. The van der Waals surface area contributed by atoms with Crippen LogP contribution in [-0.2, 0) is 6.42 Å². The fraction of sp³-hybridized carbons (Fsp3) is 0.250. The van der Waals surface area contributed by atoms with E-state index in [-0.39, 0.29) is 5.43 Å². The van der Waals surface area contributed by atoms with E-state index in [2.05, 4.69) is 0 Å². The highest BCUT2D eigenvalue weighted by Crippen LogP contribution is 2.27.